The smallest absolute Gasteiger partial charge is 0.408 e. The number of carbonyl (C=O) groups excluding carboxylic acids is 3. The van der Waals surface area contributed by atoms with Crippen LogP contribution in [0.25, 0.3) is 0 Å². The minimum absolute atomic E-state index is 0.226. The lowest BCUT2D eigenvalue weighted by Gasteiger charge is -2.35. The quantitative estimate of drug-likeness (QED) is 0.755. The monoisotopic (exact) mass is 327 g/mol. The molecule has 2 amide bonds. The van der Waals surface area contributed by atoms with Crippen molar-refractivity contribution in [1.82, 2.24) is 10.2 Å². The largest absolute Gasteiger partial charge is 0.444 e. The van der Waals surface area contributed by atoms with Crippen LogP contribution in [-0.4, -0.2) is 53.5 Å². The third kappa shape index (κ3) is 5.49. The van der Waals surface area contributed by atoms with Crippen molar-refractivity contribution in [3.8, 4) is 0 Å². The third-order valence-electron chi connectivity index (χ3n) is 3.59. The highest BCUT2D eigenvalue weighted by molar-refractivity contribution is 5.88. The molecule has 1 saturated heterocycles. The molecule has 0 aromatic heterocycles. The van der Waals surface area contributed by atoms with Crippen LogP contribution in [0.5, 0.6) is 0 Å². The second-order valence-corrected chi connectivity index (χ2v) is 8.14. The van der Waals surface area contributed by atoms with E-state index in [9.17, 15) is 14.4 Å². The van der Waals surface area contributed by atoms with E-state index in [4.69, 9.17) is 10.5 Å². The van der Waals surface area contributed by atoms with Gasteiger partial charge >= 0.3 is 6.09 Å². The number of nitrogens with one attached hydrogen (secondary N) is 1. The molecule has 132 valence electrons. The summed E-state index contributed by atoms with van der Waals surface area (Å²) in [6.45, 7) is 11.1. The molecular weight excluding hydrogens is 298 g/mol. The molecule has 0 aliphatic carbocycles. The van der Waals surface area contributed by atoms with Gasteiger partial charge in [0, 0.05) is 12.6 Å². The molecule has 23 heavy (non-hydrogen) atoms. The standard InChI is InChI=1S/C16H29N3O4/c1-15(2,3)12(18-14(22)23-16(4,5)6)13(21)19-8-10(17)7-11(19)9-20/h9-12H,7-8,17H2,1-6H3,(H,18,22). The minimum Gasteiger partial charge on any atom is -0.444 e. The van der Waals surface area contributed by atoms with Crippen molar-refractivity contribution >= 4 is 18.3 Å². The summed E-state index contributed by atoms with van der Waals surface area (Å²) in [6, 6.07) is -1.57. The summed E-state index contributed by atoms with van der Waals surface area (Å²) < 4.78 is 5.24. The molecule has 7 heteroatoms. The van der Waals surface area contributed by atoms with Gasteiger partial charge in [0.2, 0.25) is 5.91 Å². The van der Waals surface area contributed by atoms with E-state index >= 15 is 0 Å². The van der Waals surface area contributed by atoms with Gasteiger partial charge in [0.15, 0.2) is 0 Å². The first-order valence-electron chi connectivity index (χ1n) is 7.86. The summed E-state index contributed by atoms with van der Waals surface area (Å²) in [5, 5.41) is 2.64. The van der Waals surface area contributed by atoms with E-state index in [0.29, 0.717) is 13.0 Å². The van der Waals surface area contributed by atoms with Crippen LogP contribution >= 0.6 is 0 Å². The average Bonchev–Trinajstić information content (AvgIpc) is 2.73. The Kier molecular flexibility index (Phi) is 5.79. The molecule has 1 heterocycles. The van der Waals surface area contributed by atoms with Crippen LogP contribution in [0, 0.1) is 5.41 Å². The SMILES string of the molecule is CC(C)(C)OC(=O)NC(C(=O)N1CC(N)CC1C=O)C(C)(C)C. The van der Waals surface area contributed by atoms with Crippen molar-refractivity contribution < 1.29 is 19.1 Å². The molecule has 3 N–H and O–H groups in total. The minimum atomic E-state index is -0.801. The molecule has 0 radical (unpaired) electrons. The summed E-state index contributed by atoms with van der Waals surface area (Å²) in [5.41, 5.74) is 4.67. The number of rotatable bonds is 3. The number of carbonyl (C=O) groups is 3. The van der Waals surface area contributed by atoms with Crippen molar-refractivity contribution in [3.05, 3.63) is 0 Å². The number of amides is 2. The zero-order valence-corrected chi connectivity index (χ0v) is 14.9. The van der Waals surface area contributed by atoms with Crippen molar-refractivity contribution in [2.45, 2.75) is 71.7 Å². The number of nitrogens with two attached hydrogens (primary N) is 1. The van der Waals surface area contributed by atoms with Gasteiger partial charge in [-0.1, -0.05) is 20.8 Å². The maximum atomic E-state index is 12.8. The molecule has 1 aliphatic rings. The average molecular weight is 327 g/mol. The topological polar surface area (TPSA) is 102 Å². The van der Waals surface area contributed by atoms with E-state index < -0.39 is 29.2 Å². The fourth-order valence-electron chi connectivity index (χ4n) is 2.52. The second kappa shape index (κ2) is 6.86. The van der Waals surface area contributed by atoms with Gasteiger partial charge in [-0.05, 0) is 32.6 Å². The Balaban J connectivity index is 2.92. The van der Waals surface area contributed by atoms with Crippen LogP contribution in [0.4, 0.5) is 4.79 Å². The Morgan fingerprint density at radius 3 is 2.26 bits per heavy atom. The lowest BCUT2D eigenvalue weighted by Crippen LogP contribution is -2.56. The lowest BCUT2D eigenvalue weighted by molar-refractivity contribution is -0.139. The maximum Gasteiger partial charge on any atom is 0.408 e. The molecule has 1 rings (SSSR count). The molecule has 0 aromatic carbocycles. The first-order chi connectivity index (χ1) is 10.3. The molecule has 0 spiro atoms. The van der Waals surface area contributed by atoms with Crippen molar-refractivity contribution in [3.63, 3.8) is 0 Å². The van der Waals surface area contributed by atoms with Crippen LogP contribution in [0.1, 0.15) is 48.0 Å². The third-order valence-corrected chi connectivity index (χ3v) is 3.59. The Bertz CT molecular complexity index is 465. The fraction of sp³-hybridized carbons (Fsp3) is 0.812. The van der Waals surface area contributed by atoms with Crippen LogP contribution in [0.15, 0.2) is 0 Å². The highest BCUT2D eigenvalue weighted by Crippen LogP contribution is 2.25. The number of hydrogen-bond acceptors (Lipinski definition) is 5. The number of ether oxygens (including phenoxy) is 1. The van der Waals surface area contributed by atoms with Crippen LogP contribution in [0.3, 0.4) is 0 Å². The number of hydrogen-bond donors (Lipinski definition) is 2. The normalized spacial score (nSPS) is 23.3. The summed E-state index contributed by atoms with van der Waals surface area (Å²) >= 11 is 0. The van der Waals surface area contributed by atoms with Gasteiger partial charge in [-0.3, -0.25) is 4.79 Å². The Morgan fingerprint density at radius 2 is 1.83 bits per heavy atom. The highest BCUT2D eigenvalue weighted by atomic mass is 16.6. The highest BCUT2D eigenvalue weighted by Gasteiger charge is 2.42. The van der Waals surface area contributed by atoms with Crippen LogP contribution in [-0.2, 0) is 14.3 Å². The van der Waals surface area contributed by atoms with E-state index in [2.05, 4.69) is 5.32 Å². The number of likely N-dealkylation sites (tertiary alicyclic amines) is 1. The number of aldehydes is 1. The fourth-order valence-corrected chi connectivity index (χ4v) is 2.52. The van der Waals surface area contributed by atoms with Gasteiger partial charge in [-0.25, -0.2) is 4.79 Å². The Labute approximate surface area is 137 Å². The molecule has 7 nitrogen and oxygen atoms in total. The van der Waals surface area contributed by atoms with Crippen LogP contribution in [0.2, 0.25) is 0 Å². The predicted molar refractivity (Wildman–Crippen MR) is 86.8 cm³/mol. The van der Waals surface area contributed by atoms with Gasteiger partial charge in [-0.15, -0.1) is 0 Å². The second-order valence-electron chi connectivity index (χ2n) is 8.14. The van der Waals surface area contributed by atoms with E-state index in [1.165, 1.54) is 4.90 Å². The predicted octanol–water partition coefficient (Wildman–Crippen LogP) is 1.05. The van der Waals surface area contributed by atoms with E-state index in [0.717, 1.165) is 6.29 Å². The molecule has 3 atom stereocenters. The number of alkyl carbamates (subject to hydrolysis) is 1. The van der Waals surface area contributed by atoms with Gasteiger partial charge in [-0.2, -0.15) is 0 Å². The summed E-state index contributed by atoms with van der Waals surface area (Å²) in [4.78, 5) is 37.5. The Hall–Kier alpha value is -1.63. The van der Waals surface area contributed by atoms with E-state index in [1.54, 1.807) is 20.8 Å². The number of nitrogens with zero attached hydrogens (tertiary/aromatic N) is 1. The molecule has 3 unspecified atom stereocenters. The van der Waals surface area contributed by atoms with Crippen molar-refractivity contribution in [2.75, 3.05) is 6.54 Å². The van der Waals surface area contributed by atoms with Gasteiger partial charge in [0.05, 0.1) is 6.04 Å². The first-order valence-corrected chi connectivity index (χ1v) is 7.86. The summed E-state index contributed by atoms with van der Waals surface area (Å²) in [7, 11) is 0. The molecule has 1 fully saturated rings. The molecule has 0 aromatic rings. The van der Waals surface area contributed by atoms with Gasteiger partial charge in [0.1, 0.15) is 17.9 Å². The van der Waals surface area contributed by atoms with Gasteiger partial charge in [0.25, 0.3) is 0 Å². The first kappa shape index (κ1) is 19.4. The molecular formula is C16H29N3O4. The van der Waals surface area contributed by atoms with Crippen molar-refractivity contribution in [1.29, 1.82) is 0 Å². The van der Waals surface area contributed by atoms with E-state index in [-0.39, 0.29) is 11.9 Å². The van der Waals surface area contributed by atoms with Gasteiger partial charge < -0.3 is 25.5 Å². The zero-order chi connectivity index (χ0) is 18.0. The van der Waals surface area contributed by atoms with Crippen LogP contribution < -0.4 is 11.1 Å². The maximum absolute atomic E-state index is 12.8. The van der Waals surface area contributed by atoms with Crippen molar-refractivity contribution in [2.24, 2.45) is 11.1 Å². The summed E-state index contributed by atoms with van der Waals surface area (Å²) in [6.07, 6.45) is 0.521. The molecule has 1 aliphatic heterocycles. The zero-order valence-electron chi connectivity index (χ0n) is 14.9. The summed E-state index contributed by atoms with van der Waals surface area (Å²) in [5.74, 6) is -0.312. The Morgan fingerprint density at radius 1 is 1.26 bits per heavy atom. The molecule has 0 saturated carbocycles. The molecule has 0 bridgehead atoms. The van der Waals surface area contributed by atoms with E-state index in [1.807, 2.05) is 20.8 Å². The lowest BCUT2D eigenvalue weighted by atomic mass is 9.85.